The Bertz CT molecular complexity index is 1180. The molecule has 0 spiro atoms. The predicted molar refractivity (Wildman–Crippen MR) is 121 cm³/mol. The summed E-state index contributed by atoms with van der Waals surface area (Å²) >= 11 is 1.29. The Kier molecular flexibility index (Phi) is 7.74. The summed E-state index contributed by atoms with van der Waals surface area (Å²) in [6.45, 7) is 5.15. The van der Waals surface area contributed by atoms with Crippen LogP contribution in [0.15, 0.2) is 64.3 Å². The molecule has 2 heterocycles. The second-order valence-corrected chi connectivity index (χ2v) is 11.0. The number of pyridine rings is 1. The van der Waals surface area contributed by atoms with E-state index in [2.05, 4.69) is 14.9 Å². The predicted octanol–water partition coefficient (Wildman–Crippen LogP) is 3.03. The van der Waals surface area contributed by atoms with Gasteiger partial charge in [0, 0.05) is 29.0 Å². The van der Waals surface area contributed by atoms with Crippen molar-refractivity contribution in [1.82, 2.24) is 20.3 Å². The number of hydrogen-bond donors (Lipinski definition) is 3. The van der Waals surface area contributed by atoms with Gasteiger partial charge in [0.05, 0.1) is 10.6 Å². The number of nitrogens with one attached hydrogen (secondary N) is 2. The number of carbonyl (C=O) groups excluding carboxylic acids is 1. The zero-order valence-corrected chi connectivity index (χ0v) is 19.8. The highest BCUT2D eigenvalue weighted by molar-refractivity contribution is 8.00. The lowest BCUT2D eigenvalue weighted by atomic mass is 10.0. The van der Waals surface area contributed by atoms with Crippen molar-refractivity contribution < 1.29 is 27.7 Å². The summed E-state index contributed by atoms with van der Waals surface area (Å²) in [6.07, 6.45) is 3.15. The summed E-state index contributed by atoms with van der Waals surface area (Å²) in [7, 11) is -4.10. The van der Waals surface area contributed by atoms with Crippen LogP contribution in [-0.4, -0.2) is 40.5 Å². The number of ether oxygens (including phenoxy) is 1. The van der Waals surface area contributed by atoms with Crippen LogP contribution in [0.5, 0.6) is 11.5 Å². The van der Waals surface area contributed by atoms with Crippen molar-refractivity contribution in [1.29, 1.82) is 0 Å². The fourth-order valence-electron chi connectivity index (χ4n) is 2.86. The standard InChI is InChI=1S/C21H24N4O6S2/c1-14-12-15(24-31-14)13-32-21(2,3)19(20(26)23-27)25-33(28,29)18-6-4-16(5-7-18)30-17-8-10-22-11-9-17/h4-12,19,25,27H,13H2,1-3H3,(H,23,26)/t19-/m1/s1. The molecule has 12 heteroatoms. The maximum Gasteiger partial charge on any atom is 0.262 e. The summed E-state index contributed by atoms with van der Waals surface area (Å²) < 4.78 is 38.1. The molecule has 0 radical (unpaired) electrons. The number of aryl methyl sites for hydroxylation is 1. The molecule has 3 rings (SSSR count). The third-order valence-electron chi connectivity index (χ3n) is 4.63. The Balaban J connectivity index is 1.75. The van der Waals surface area contributed by atoms with Gasteiger partial charge < -0.3 is 9.26 Å². The van der Waals surface area contributed by atoms with E-state index in [1.165, 1.54) is 36.0 Å². The number of amides is 1. The van der Waals surface area contributed by atoms with E-state index < -0.39 is 26.7 Å². The first-order valence-corrected chi connectivity index (χ1v) is 12.3. The monoisotopic (exact) mass is 492 g/mol. The highest BCUT2D eigenvalue weighted by atomic mass is 32.2. The van der Waals surface area contributed by atoms with Crippen LogP contribution < -0.4 is 14.9 Å². The third-order valence-corrected chi connectivity index (χ3v) is 7.49. The Hall–Kier alpha value is -2.93. The van der Waals surface area contributed by atoms with Gasteiger partial charge in [-0.2, -0.15) is 4.72 Å². The van der Waals surface area contributed by atoms with Gasteiger partial charge in [0.15, 0.2) is 0 Å². The SMILES string of the molecule is Cc1cc(CSC(C)(C)[C@H](NS(=O)(=O)c2ccc(Oc3ccncc3)cc2)C(=O)NO)no1. The fourth-order valence-corrected chi connectivity index (χ4v) is 5.26. The van der Waals surface area contributed by atoms with E-state index in [4.69, 9.17) is 9.26 Å². The van der Waals surface area contributed by atoms with Crippen LogP contribution in [0.1, 0.15) is 25.3 Å². The van der Waals surface area contributed by atoms with Crippen LogP contribution in [-0.2, 0) is 20.6 Å². The summed E-state index contributed by atoms with van der Waals surface area (Å²) in [5, 5.41) is 13.1. The highest BCUT2D eigenvalue weighted by Gasteiger charge is 2.39. The lowest BCUT2D eigenvalue weighted by molar-refractivity contribution is -0.131. The molecule has 0 aliphatic carbocycles. The van der Waals surface area contributed by atoms with E-state index in [0.29, 0.717) is 28.7 Å². The number of sulfonamides is 1. The number of aromatic nitrogens is 2. The van der Waals surface area contributed by atoms with Gasteiger partial charge in [-0.05, 0) is 57.2 Å². The Morgan fingerprint density at radius 2 is 1.82 bits per heavy atom. The maximum atomic E-state index is 13.0. The molecular weight excluding hydrogens is 468 g/mol. The van der Waals surface area contributed by atoms with E-state index in [0.717, 1.165) is 0 Å². The molecule has 0 unspecified atom stereocenters. The second kappa shape index (κ2) is 10.3. The molecule has 3 N–H and O–H groups in total. The van der Waals surface area contributed by atoms with E-state index in [1.54, 1.807) is 56.8 Å². The fraction of sp³-hybridized carbons (Fsp3) is 0.286. The van der Waals surface area contributed by atoms with Crippen LogP contribution in [0.3, 0.4) is 0 Å². The van der Waals surface area contributed by atoms with Crippen molar-refractivity contribution in [3.8, 4) is 11.5 Å². The average Bonchev–Trinajstić information content (AvgIpc) is 3.22. The number of benzene rings is 1. The van der Waals surface area contributed by atoms with Gasteiger partial charge in [0.1, 0.15) is 23.3 Å². The quantitative estimate of drug-likeness (QED) is 0.287. The number of rotatable bonds is 10. The highest BCUT2D eigenvalue weighted by Crippen LogP contribution is 2.32. The number of hydroxylamine groups is 1. The van der Waals surface area contributed by atoms with Crippen LogP contribution >= 0.6 is 11.8 Å². The van der Waals surface area contributed by atoms with Crippen molar-refractivity contribution >= 4 is 27.7 Å². The van der Waals surface area contributed by atoms with Crippen LogP contribution in [0.2, 0.25) is 0 Å². The van der Waals surface area contributed by atoms with Gasteiger partial charge in [-0.15, -0.1) is 11.8 Å². The number of nitrogens with zero attached hydrogens (tertiary/aromatic N) is 2. The Morgan fingerprint density at radius 3 is 2.39 bits per heavy atom. The minimum atomic E-state index is -4.10. The molecule has 0 saturated heterocycles. The molecule has 0 saturated carbocycles. The first kappa shape index (κ1) is 24.7. The minimum Gasteiger partial charge on any atom is -0.457 e. The van der Waals surface area contributed by atoms with Crippen molar-refractivity contribution in [2.24, 2.45) is 0 Å². The largest absolute Gasteiger partial charge is 0.457 e. The lowest BCUT2D eigenvalue weighted by Gasteiger charge is -2.32. The van der Waals surface area contributed by atoms with Gasteiger partial charge >= 0.3 is 0 Å². The van der Waals surface area contributed by atoms with E-state index in [9.17, 15) is 18.4 Å². The van der Waals surface area contributed by atoms with Crippen LogP contribution in [0.25, 0.3) is 0 Å². The van der Waals surface area contributed by atoms with E-state index >= 15 is 0 Å². The summed E-state index contributed by atoms with van der Waals surface area (Å²) in [6, 6.07) is 9.55. The molecule has 176 valence electrons. The molecule has 33 heavy (non-hydrogen) atoms. The first-order valence-electron chi connectivity index (χ1n) is 9.81. The third kappa shape index (κ3) is 6.54. The van der Waals surface area contributed by atoms with Crippen molar-refractivity contribution in [3.63, 3.8) is 0 Å². The smallest absolute Gasteiger partial charge is 0.262 e. The molecule has 2 aromatic heterocycles. The number of thioether (sulfide) groups is 1. The zero-order chi connectivity index (χ0) is 24.1. The molecular formula is C21H24N4O6S2. The normalized spacial score (nSPS) is 12.8. The molecule has 0 aliphatic rings. The van der Waals surface area contributed by atoms with Crippen molar-refractivity contribution in [2.75, 3.05) is 0 Å². The zero-order valence-electron chi connectivity index (χ0n) is 18.2. The second-order valence-electron chi connectivity index (χ2n) is 7.61. The van der Waals surface area contributed by atoms with Crippen molar-refractivity contribution in [2.45, 2.75) is 42.2 Å². The van der Waals surface area contributed by atoms with Crippen LogP contribution in [0.4, 0.5) is 0 Å². The van der Waals surface area contributed by atoms with Crippen molar-refractivity contribution in [3.05, 3.63) is 66.3 Å². The molecule has 1 amide bonds. The van der Waals surface area contributed by atoms with Gasteiger partial charge in [0.2, 0.25) is 10.0 Å². The maximum absolute atomic E-state index is 13.0. The van der Waals surface area contributed by atoms with E-state index in [-0.39, 0.29) is 4.90 Å². The molecule has 0 bridgehead atoms. The van der Waals surface area contributed by atoms with Crippen LogP contribution in [0, 0.1) is 6.92 Å². The topological polar surface area (TPSA) is 144 Å². The summed E-state index contributed by atoms with van der Waals surface area (Å²) in [5.41, 5.74) is 2.20. The summed E-state index contributed by atoms with van der Waals surface area (Å²) in [5.74, 6) is 1.13. The van der Waals surface area contributed by atoms with Gasteiger partial charge in [0.25, 0.3) is 5.91 Å². The Labute approximate surface area is 195 Å². The number of hydrogen-bond acceptors (Lipinski definition) is 9. The summed E-state index contributed by atoms with van der Waals surface area (Å²) in [4.78, 5) is 16.2. The molecule has 0 fully saturated rings. The minimum absolute atomic E-state index is 0.0618. The molecule has 1 aromatic carbocycles. The molecule has 0 aliphatic heterocycles. The Morgan fingerprint density at radius 1 is 1.18 bits per heavy atom. The average molecular weight is 493 g/mol. The molecule has 1 atom stereocenters. The van der Waals surface area contributed by atoms with E-state index in [1.807, 2.05) is 0 Å². The molecule has 3 aromatic rings. The first-order chi connectivity index (χ1) is 15.6. The van der Waals surface area contributed by atoms with Gasteiger partial charge in [-0.1, -0.05) is 5.16 Å². The van der Waals surface area contributed by atoms with Gasteiger partial charge in [-0.3, -0.25) is 15.0 Å². The van der Waals surface area contributed by atoms with Gasteiger partial charge in [-0.25, -0.2) is 13.9 Å². The lowest BCUT2D eigenvalue weighted by Crippen LogP contribution is -2.55. The number of carbonyl (C=O) groups is 1. The molecule has 10 nitrogen and oxygen atoms in total.